The minimum atomic E-state index is -0.0756. The average molecular weight is 236 g/mol. The first-order valence-electron chi connectivity index (χ1n) is 5.88. The molecule has 1 aromatic carbocycles. The summed E-state index contributed by atoms with van der Waals surface area (Å²) in [6.07, 6.45) is 0. The Hall–Kier alpha value is -1.55. The lowest BCUT2D eigenvalue weighted by Gasteiger charge is -2.10. The zero-order valence-electron chi connectivity index (χ0n) is 10.4. The van der Waals surface area contributed by atoms with Crippen molar-refractivity contribution in [2.45, 2.75) is 13.8 Å². The van der Waals surface area contributed by atoms with Crippen LogP contribution in [0.3, 0.4) is 0 Å². The van der Waals surface area contributed by atoms with Crippen molar-refractivity contribution < 1.29 is 9.53 Å². The van der Waals surface area contributed by atoms with E-state index in [0.717, 1.165) is 5.75 Å². The Labute approximate surface area is 102 Å². The van der Waals surface area contributed by atoms with Gasteiger partial charge in [-0.1, -0.05) is 6.92 Å². The fraction of sp³-hybridized carbons (Fsp3) is 0.462. The van der Waals surface area contributed by atoms with Crippen molar-refractivity contribution in [1.82, 2.24) is 5.32 Å². The minimum Gasteiger partial charge on any atom is -0.494 e. The van der Waals surface area contributed by atoms with Crippen molar-refractivity contribution in [3.05, 3.63) is 29.8 Å². The van der Waals surface area contributed by atoms with Crippen LogP contribution < -0.4 is 15.8 Å². The lowest BCUT2D eigenvalue weighted by Crippen LogP contribution is -2.31. The molecule has 1 atom stereocenters. The number of ether oxygens (including phenoxy) is 1. The summed E-state index contributed by atoms with van der Waals surface area (Å²) in [7, 11) is 0. The molecule has 0 saturated carbocycles. The molecule has 0 heterocycles. The third-order valence-corrected chi connectivity index (χ3v) is 2.44. The maximum atomic E-state index is 11.7. The molecule has 0 fully saturated rings. The van der Waals surface area contributed by atoms with E-state index in [0.29, 0.717) is 31.2 Å². The molecule has 0 aliphatic rings. The molecule has 1 amide bonds. The van der Waals surface area contributed by atoms with Crippen molar-refractivity contribution in [2.24, 2.45) is 11.7 Å². The van der Waals surface area contributed by atoms with E-state index >= 15 is 0 Å². The number of nitrogens with two attached hydrogens (primary N) is 1. The van der Waals surface area contributed by atoms with Crippen molar-refractivity contribution in [3.8, 4) is 5.75 Å². The molecule has 4 heteroatoms. The van der Waals surface area contributed by atoms with E-state index in [1.54, 1.807) is 24.3 Å². The highest BCUT2D eigenvalue weighted by Crippen LogP contribution is 2.11. The van der Waals surface area contributed by atoms with E-state index in [1.165, 1.54) is 0 Å². The number of carbonyl (C=O) groups is 1. The van der Waals surface area contributed by atoms with Crippen molar-refractivity contribution in [2.75, 3.05) is 19.7 Å². The van der Waals surface area contributed by atoms with Gasteiger partial charge in [0, 0.05) is 12.1 Å². The summed E-state index contributed by atoms with van der Waals surface area (Å²) in [6.45, 7) is 5.72. The van der Waals surface area contributed by atoms with Crippen LogP contribution in [0.4, 0.5) is 0 Å². The highest BCUT2D eigenvalue weighted by Gasteiger charge is 2.06. The maximum Gasteiger partial charge on any atom is 0.251 e. The number of benzene rings is 1. The van der Waals surface area contributed by atoms with Gasteiger partial charge >= 0.3 is 0 Å². The second kappa shape index (κ2) is 6.91. The molecule has 4 nitrogen and oxygen atoms in total. The van der Waals surface area contributed by atoms with E-state index in [2.05, 4.69) is 5.32 Å². The second-order valence-electron chi connectivity index (χ2n) is 4.01. The first kappa shape index (κ1) is 13.5. The van der Waals surface area contributed by atoms with Crippen LogP contribution in [0.1, 0.15) is 24.2 Å². The van der Waals surface area contributed by atoms with Crippen LogP contribution in [0.15, 0.2) is 24.3 Å². The Morgan fingerprint density at radius 1 is 1.41 bits per heavy atom. The summed E-state index contributed by atoms with van der Waals surface area (Å²) in [6, 6.07) is 7.11. The van der Waals surface area contributed by atoms with Crippen LogP contribution in [0, 0.1) is 5.92 Å². The molecule has 0 aliphatic heterocycles. The first-order valence-corrected chi connectivity index (χ1v) is 5.88. The molecular formula is C13H20N2O2. The predicted molar refractivity (Wildman–Crippen MR) is 68.2 cm³/mol. The van der Waals surface area contributed by atoms with E-state index in [4.69, 9.17) is 10.5 Å². The number of rotatable bonds is 6. The van der Waals surface area contributed by atoms with Gasteiger partial charge in [0.15, 0.2) is 0 Å². The Morgan fingerprint density at radius 2 is 2.06 bits per heavy atom. The second-order valence-corrected chi connectivity index (χ2v) is 4.01. The molecule has 0 aliphatic carbocycles. The van der Waals surface area contributed by atoms with Gasteiger partial charge in [-0.25, -0.2) is 0 Å². The molecule has 0 saturated heterocycles. The van der Waals surface area contributed by atoms with Gasteiger partial charge < -0.3 is 15.8 Å². The van der Waals surface area contributed by atoms with Crippen molar-refractivity contribution in [3.63, 3.8) is 0 Å². The molecular weight excluding hydrogens is 216 g/mol. The number of carbonyl (C=O) groups excluding carboxylic acids is 1. The first-order chi connectivity index (χ1) is 8.17. The Bertz CT molecular complexity index is 349. The summed E-state index contributed by atoms with van der Waals surface area (Å²) in [5.74, 6) is 0.995. The topological polar surface area (TPSA) is 64.3 Å². The number of amides is 1. The van der Waals surface area contributed by atoms with Gasteiger partial charge in [-0.3, -0.25) is 4.79 Å². The molecule has 0 radical (unpaired) electrons. The van der Waals surface area contributed by atoms with Crippen LogP contribution in [-0.2, 0) is 0 Å². The molecule has 17 heavy (non-hydrogen) atoms. The average Bonchev–Trinajstić information content (AvgIpc) is 2.36. The summed E-state index contributed by atoms with van der Waals surface area (Å²) in [4.78, 5) is 11.7. The van der Waals surface area contributed by atoms with Crippen LogP contribution in [0.25, 0.3) is 0 Å². The highest BCUT2D eigenvalue weighted by atomic mass is 16.5. The minimum absolute atomic E-state index is 0.0756. The molecule has 0 aromatic heterocycles. The summed E-state index contributed by atoms with van der Waals surface area (Å²) in [5, 5.41) is 2.84. The fourth-order valence-electron chi connectivity index (χ4n) is 1.32. The Kier molecular flexibility index (Phi) is 5.49. The van der Waals surface area contributed by atoms with Gasteiger partial charge in [0.25, 0.3) is 5.91 Å². The molecule has 1 unspecified atom stereocenters. The van der Waals surface area contributed by atoms with Crippen LogP contribution in [0.5, 0.6) is 5.75 Å². The highest BCUT2D eigenvalue weighted by molar-refractivity contribution is 5.94. The SMILES string of the molecule is CCOc1ccc(C(=O)NCC(C)CN)cc1. The van der Waals surface area contributed by atoms with Crippen molar-refractivity contribution in [1.29, 1.82) is 0 Å². The Balaban J connectivity index is 2.51. The molecule has 0 spiro atoms. The predicted octanol–water partition coefficient (Wildman–Crippen LogP) is 1.41. The van der Waals surface area contributed by atoms with E-state index in [1.807, 2.05) is 13.8 Å². The molecule has 0 bridgehead atoms. The van der Waals surface area contributed by atoms with Crippen LogP contribution >= 0.6 is 0 Å². The smallest absolute Gasteiger partial charge is 0.251 e. The number of hydrogen-bond donors (Lipinski definition) is 2. The summed E-state index contributed by atoms with van der Waals surface area (Å²) >= 11 is 0. The lowest BCUT2D eigenvalue weighted by molar-refractivity contribution is 0.0948. The zero-order chi connectivity index (χ0) is 12.7. The van der Waals surface area contributed by atoms with Gasteiger partial charge in [0.1, 0.15) is 5.75 Å². The van der Waals surface area contributed by atoms with Gasteiger partial charge in [-0.05, 0) is 43.7 Å². The van der Waals surface area contributed by atoms with Crippen molar-refractivity contribution >= 4 is 5.91 Å². The lowest BCUT2D eigenvalue weighted by atomic mass is 10.1. The Morgan fingerprint density at radius 3 is 2.59 bits per heavy atom. The van der Waals surface area contributed by atoms with E-state index < -0.39 is 0 Å². The third kappa shape index (κ3) is 4.44. The summed E-state index contributed by atoms with van der Waals surface area (Å²) in [5.41, 5.74) is 6.12. The van der Waals surface area contributed by atoms with Gasteiger partial charge in [0.2, 0.25) is 0 Å². The quantitative estimate of drug-likeness (QED) is 0.785. The van der Waals surface area contributed by atoms with Crippen LogP contribution in [0.2, 0.25) is 0 Å². The normalized spacial score (nSPS) is 11.9. The number of nitrogens with one attached hydrogen (secondary N) is 1. The molecule has 3 N–H and O–H groups in total. The largest absolute Gasteiger partial charge is 0.494 e. The van der Waals surface area contributed by atoms with E-state index in [9.17, 15) is 4.79 Å². The maximum absolute atomic E-state index is 11.7. The molecule has 94 valence electrons. The molecule has 1 aromatic rings. The fourth-order valence-corrected chi connectivity index (χ4v) is 1.32. The number of hydrogen-bond acceptors (Lipinski definition) is 3. The van der Waals surface area contributed by atoms with E-state index in [-0.39, 0.29) is 5.91 Å². The third-order valence-electron chi connectivity index (χ3n) is 2.44. The molecule has 1 rings (SSSR count). The van der Waals surface area contributed by atoms with Gasteiger partial charge in [0.05, 0.1) is 6.61 Å². The standard InChI is InChI=1S/C13H20N2O2/c1-3-17-12-6-4-11(5-7-12)13(16)15-9-10(2)8-14/h4-7,10H,3,8-9,14H2,1-2H3,(H,15,16). The summed E-state index contributed by atoms with van der Waals surface area (Å²) < 4.78 is 5.31. The monoisotopic (exact) mass is 236 g/mol. The van der Waals surface area contributed by atoms with Gasteiger partial charge in [-0.2, -0.15) is 0 Å². The van der Waals surface area contributed by atoms with Gasteiger partial charge in [-0.15, -0.1) is 0 Å². The zero-order valence-corrected chi connectivity index (χ0v) is 10.4. The van der Waals surface area contributed by atoms with Crippen LogP contribution in [-0.4, -0.2) is 25.6 Å².